The van der Waals surface area contributed by atoms with Crippen LogP contribution < -0.4 is 10.6 Å². The lowest BCUT2D eigenvalue weighted by Crippen LogP contribution is -2.38. The van der Waals surface area contributed by atoms with Crippen molar-refractivity contribution in [2.24, 2.45) is 4.99 Å². The van der Waals surface area contributed by atoms with Crippen molar-refractivity contribution in [2.45, 2.75) is 39.7 Å². The average molecular weight is 398 g/mol. The van der Waals surface area contributed by atoms with E-state index in [0.717, 1.165) is 65.0 Å². The van der Waals surface area contributed by atoms with Gasteiger partial charge in [-0.05, 0) is 6.42 Å². The van der Waals surface area contributed by atoms with Crippen molar-refractivity contribution in [2.75, 3.05) is 13.6 Å². The maximum Gasteiger partial charge on any atom is 0.191 e. The van der Waals surface area contributed by atoms with Crippen LogP contribution in [-0.4, -0.2) is 29.7 Å². The van der Waals surface area contributed by atoms with Crippen LogP contribution in [0.15, 0.2) is 45.2 Å². The van der Waals surface area contributed by atoms with Crippen molar-refractivity contribution in [1.29, 1.82) is 0 Å². The summed E-state index contributed by atoms with van der Waals surface area (Å²) in [5.74, 6) is 1.71. The number of thiazole rings is 1. The van der Waals surface area contributed by atoms with Gasteiger partial charge in [0.1, 0.15) is 10.8 Å². The zero-order chi connectivity index (χ0) is 19.8. The molecule has 28 heavy (non-hydrogen) atoms. The Hall–Kier alpha value is -2.67. The second-order valence-electron chi connectivity index (χ2n) is 6.35. The van der Waals surface area contributed by atoms with Crippen LogP contribution in [0, 0.1) is 0 Å². The number of nitrogens with zero attached hydrogens (tertiary/aromatic N) is 3. The van der Waals surface area contributed by atoms with Gasteiger partial charge in [-0.3, -0.25) is 4.99 Å². The highest BCUT2D eigenvalue weighted by Gasteiger charge is 2.13. The van der Waals surface area contributed by atoms with E-state index in [1.165, 1.54) is 0 Å². The molecule has 0 saturated carbocycles. The Kier molecular flexibility index (Phi) is 7.19. The normalized spacial score (nSPS) is 11.6. The minimum Gasteiger partial charge on any atom is -0.361 e. The first-order chi connectivity index (χ1) is 13.7. The van der Waals surface area contributed by atoms with Crippen LogP contribution in [0.1, 0.15) is 36.6 Å². The Morgan fingerprint density at radius 1 is 1.14 bits per heavy atom. The second kappa shape index (κ2) is 10.0. The first kappa shape index (κ1) is 20.1. The lowest BCUT2D eigenvalue weighted by Gasteiger charge is -2.11. The van der Waals surface area contributed by atoms with Gasteiger partial charge in [-0.15, -0.1) is 11.3 Å². The third-order valence-electron chi connectivity index (χ3n) is 4.51. The molecule has 0 fully saturated rings. The van der Waals surface area contributed by atoms with Crippen LogP contribution in [0.3, 0.4) is 0 Å². The molecule has 0 unspecified atom stereocenters. The number of hydrogen-bond donors (Lipinski definition) is 2. The molecule has 2 heterocycles. The molecule has 0 spiro atoms. The smallest absolute Gasteiger partial charge is 0.191 e. The third kappa shape index (κ3) is 4.98. The summed E-state index contributed by atoms with van der Waals surface area (Å²) in [6, 6.07) is 10.3. The van der Waals surface area contributed by atoms with Crippen molar-refractivity contribution in [1.82, 2.24) is 20.8 Å². The van der Waals surface area contributed by atoms with E-state index in [1.54, 1.807) is 18.4 Å². The lowest BCUT2D eigenvalue weighted by atomic mass is 10.1. The van der Waals surface area contributed by atoms with Crippen molar-refractivity contribution < 1.29 is 4.52 Å². The molecule has 6 nitrogen and oxygen atoms in total. The van der Waals surface area contributed by atoms with Crippen molar-refractivity contribution >= 4 is 17.3 Å². The van der Waals surface area contributed by atoms with Gasteiger partial charge >= 0.3 is 0 Å². The Labute approximate surface area is 170 Å². The van der Waals surface area contributed by atoms with E-state index in [9.17, 15) is 0 Å². The largest absolute Gasteiger partial charge is 0.361 e. The highest BCUT2D eigenvalue weighted by Crippen LogP contribution is 2.23. The number of aromatic nitrogens is 2. The SMILES string of the molecule is CCc1noc(CC)c1CNC(=NC)NCCc1csc(-c2ccccc2)n1. The van der Waals surface area contributed by atoms with Crippen LogP contribution >= 0.6 is 11.3 Å². The first-order valence-corrected chi connectivity index (χ1v) is 10.5. The van der Waals surface area contributed by atoms with E-state index in [2.05, 4.69) is 52.1 Å². The predicted octanol–water partition coefficient (Wildman–Crippen LogP) is 3.83. The molecule has 0 aliphatic carbocycles. The standard InChI is InChI=1S/C21H27N5OS/c1-4-18-17(19(5-2)27-26-18)13-24-21(22-3)23-12-11-16-14-28-20(25-16)15-9-7-6-8-10-15/h6-10,14H,4-5,11-13H2,1-3H3,(H2,22,23,24). The van der Waals surface area contributed by atoms with Crippen LogP contribution in [-0.2, 0) is 25.8 Å². The molecule has 2 aromatic heterocycles. The van der Waals surface area contributed by atoms with E-state index < -0.39 is 0 Å². The predicted molar refractivity (Wildman–Crippen MR) is 115 cm³/mol. The van der Waals surface area contributed by atoms with Gasteiger partial charge in [0, 0.05) is 49.5 Å². The van der Waals surface area contributed by atoms with E-state index in [-0.39, 0.29) is 0 Å². The molecule has 3 rings (SSSR count). The lowest BCUT2D eigenvalue weighted by molar-refractivity contribution is 0.380. The molecular weight excluding hydrogens is 370 g/mol. The van der Waals surface area contributed by atoms with Gasteiger partial charge in [-0.25, -0.2) is 4.98 Å². The van der Waals surface area contributed by atoms with Crippen molar-refractivity contribution in [3.63, 3.8) is 0 Å². The average Bonchev–Trinajstić information content (AvgIpc) is 3.37. The Balaban J connectivity index is 1.50. The molecule has 1 aromatic carbocycles. The summed E-state index contributed by atoms with van der Waals surface area (Å²) in [5.41, 5.74) is 4.40. The van der Waals surface area contributed by atoms with E-state index in [1.807, 2.05) is 18.2 Å². The minimum atomic E-state index is 0.657. The molecular formula is C21H27N5OS. The number of benzene rings is 1. The number of guanidine groups is 1. The first-order valence-electron chi connectivity index (χ1n) is 9.65. The van der Waals surface area contributed by atoms with E-state index in [0.29, 0.717) is 6.54 Å². The van der Waals surface area contributed by atoms with Gasteiger partial charge in [0.05, 0.1) is 11.4 Å². The maximum absolute atomic E-state index is 5.42. The highest BCUT2D eigenvalue weighted by atomic mass is 32.1. The van der Waals surface area contributed by atoms with Gasteiger partial charge in [-0.2, -0.15) is 0 Å². The van der Waals surface area contributed by atoms with Crippen LogP contribution in [0.2, 0.25) is 0 Å². The van der Waals surface area contributed by atoms with Gasteiger partial charge < -0.3 is 15.2 Å². The topological polar surface area (TPSA) is 75.3 Å². The molecule has 7 heteroatoms. The molecule has 0 saturated heterocycles. The number of aryl methyl sites for hydroxylation is 2. The maximum atomic E-state index is 5.42. The van der Waals surface area contributed by atoms with Crippen LogP contribution in [0.5, 0.6) is 0 Å². The second-order valence-corrected chi connectivity index (χ2v) is 7.21. The van der Waals surface area contributed by atoms with Crippen LogP contribution in [0.4, 0.5) is 0 Å². The molecule has 148 valence electrons. The molecule has 0 amide bonds. The van der Waals surface area contributed by atoms with Gasteiger partial charge in [0.2, 0.25) is 0 Å². The summed E-state index contributed by atoms with van der Waals surface area (Å²) in [7, 11) is 1.78. The quantitative estimate of drug-likeness (QED) is 0.446. The Morgan fingerprint density at radius 2 is 1.96 bits per heavy atom. The number of rotatable bonds is 8. The summed E-state index contributed by atoms with van der Waals surface area (Å²) in [4.78, 5) is 9.04. The molecule has 0 bridgehead atoms. The summed E-state index contributed by atoms with van der Waals surface area (Å²) in [6.45, 7) is 5.59. The highest BCUT2D eigenvalue weighted by molar-refractivity contribution is 7.13. The summed E-state index contributed by atoms with van der Waals surface area (Å²) in [6.07, 6.45) is 2.54. The summed E-state index contributed by atoms with van der Waals surface area (Å²) >= 11 is 1.68. The van der Waals surface area contributed by atoms with Crippen molar-refractivity contribution in [3.8, 4) is 10.6 Å². The third-order valence-corrected chi connectivity index (χ3v) is 5.45. The van der Waals surface area contributed by atoms with Gasteiger partial charge in [-0.1, -0.05) is 49.3 Å². The fourth-order valence-electron chi connectivity index (χ4n) is 2.97. The monoisotopic (exact) mass is 397 g/mol. The zero-order valence-electron chi connectivity index (χ0n) is 16.7. The molecule has 0 atom stereocenters. The number of nitrogens with one attached hydrogen (secondary N) is 2. The molecule has 3 aromatic rings. The van der Waals surface area contributed by atoms with Gasteiger partial charge in [0.25, 0.3) is 0 Å². The number of hydrogen-bond acceptors (Lipinski definition) is 5. The number of aliphatic imine (C=N–C) groups is 1. The Bertz CT molecular complexity index is 879. The van der Waals surface area contributed by atoms with Crippen molar-refractivity contribution in [3.05, 3.63) is 58.4 Å². The molecule has 0 radical (unpaired) electrons. The zero-order valence-corrected chi connectivity index (χ0v) is 17.5. The molecule has 2 N–H and O–H groups in total. The minimum absolute atomic E-state index is 0.657. The van der Waals surface area contributed by atoms with E-state index in [4.69, 9.17) is 9.51 Å². The van der Waals surface area contributed by atoms with Crippen LogP contribution in [0.25, 0.3) is 10.6 Å². The molecule has 0 aliphatic rings. The molecule has 0 aliphatic heterocycles. The summed E-state index contributed by atoms with van der Waals surface area (Å²) < 4.78 is 5.42. The fourth-order valence-corrected chi connectivity index (χ4v) is 3.83. The van der Waals surface area contributed by atoms with E-state index >= 15 is 0 Å². The fraction of sp³-hybridized carbons (Fsp3) is 0.381. The Morgan fingerprint density at radius 3 is 2.68 bits per heavy atom. The van der Waals surface area contributed by atoms with Gasteiger partial charge in [0.15, 0.2) is 5.96 Å². The summed E-state index contributed by atoms with van der Waals surface area (Å²) in [5, 5.41) is 14.1.